The van der Waals surface area contributed by atoms with Gasteiger partial charge in [-0.2, -0.15) is 0 Å². The Hall–Kier alpha value is -1.22. The van der Waals surface area contributed by atoms with Gasteiger partial charge in [0, 0.05) is 37.6 Å². The van der Waals surface area contributed by atoms with Gasteiger partial charge in [-0.1, -0.05) is 0 Å². The molecule has 0 bridgehead atoms. The predicted molar refractivity (Wildman–Crippen MR) is 91.3 cm³/mol. The molecule has 3 heteroatoms. The van der Waals surface area contributed by atoms with Crippen molar-refractivity contribution < 1.29 is 0 Å². The maximum atomic E-state index is 3.68. The molecule has 1 N–H and O–H groups in total. The zero-order valence-corrected chi connectivity index (χ0v) is 13.6. The highest BCUT2D eigenvalue weighted by molar-refractivity contribution is 5.60. The molecule has 0 spiro atoms. The molecular formula is C18H29N3. The lowest BCUT2D eigenvalue weighted by Crippen LogP contribution is -2.35. The van der Waals surface area contributed by atoms with E-state index in [0.717, 1.165) is 12.5 Å². The molecule has 2 aliphatic heterocycles. The summed E-state index contributed by atoms with van der Waals surface area (Å²) in [6.07, 6.45) is 5.39. The molecule has 3 nitrogen and oxygen atoms in total. The van der Waals surface area contributed by atoms with Crippen LogP contribution in [0.1, 0.15) is 31.2 Å². The zero-order valence-electron chi connectivity index (χ0n) is 13.6. The van der Waals surface area contributed by atoms with E-state index < -0.39 is 0 Å². The van der Waals surface area contributed by atoms with Gasteiger partial charge in [0.25, 0.3) is 0 Å². The minimum Gasteiger partial charge on any atom is -0.385 e. The van der Waals surface area contributed by atoms with Crippen LogP contribution in [0.15, 0.2) is 18.2 Å². The Morgan fingerprint density at radius 1 is 1.14 bits per heavy atom. The van der Waals surface area contributed by atoms with Crippen LogP contribution in [0, 0.1) is 12.8 Å². The third kappa shape index (κ3) is 3.70. The molecule has 2 heterocycles. The number of anilines is 2. The van der Waals surface area contributed by atoms with Gasteiger partial charge in [-0.05, 0) is 75.9 Å². The van der Waals surface area contributed by atoms with Gasteiger partial charge in [-0.15, -0.1) is 0 Å². The van der Waals surface area contributed by atoms with Gasteiger partial charge in [0.1, 0.15) is 0 Å². The summed E-state index contributed by atoms with van der Waals surface area (Å²) < 4.78 is 0. The molecule has 3 rings (SSSR count). The van der Waals surface area contributed by atoms with Gasteiger partial charge in [0.2, 0.25) is 0 Å². The highest BCUT2D eigenvalue weighted by Crippen LogP contribution is 2.26. The van der Waals surface area contributed by atoms with E-state index in [-0.39, 0.29) is 0 Å². The average molecular weight is 287 g/mol. The van der Waals surface area contributed by atoms with Crippen molar-refractivity contribution in [2.75, 3.05) is 50.0 Å². The summed E-state index contributed by atoms with van der Waals surface area (Å²) in [6.45, 7) is 8.28. The summed E-state index contributed by atoms with van der Waals surface area (Å²) in [7, 11) is 2.24. The summed E-state index contributed by atoms with van der Waals surface area (Å²) in [5.74, 6) is 0.793. The number of rotatable bonds is 4. The molecule has 116 valence electrons. The number of benzene rings is 1. The van der Waals surface area contributed by atoms with E-state index in [0.29, 0.717) is 0 Å². The van der Waals surface area contributed by atoms with E-state index in [2.05, 4.69) is 47.3 Å². The van der Waals surface area contributed by atoms with Crippen molar-refractivity contribution in [3.63, 3.8) is 0 Å². The molecule has 0 amide bonds. The third-order valence-corrected chi connectivity index (χ3v) is 4.98. The first-order valence-corrected chi connectivity index (χ1v) is 8.50. The Morgan fingerprint density at radius 2 is 1.95 bits per heavy atom. The van der Waals surface area contributed by atoms with Crippen molar-refractivity contribution >= 4 is 11.4 Å². The molecule has 1 unspecified atom stereocenters. The molecule has 1 aromatic rings. The first-order chi connectivity index (χ1) is 10.2. The van der Waals surface area contributed by atoms with Crippen molar-refractivity contribution in [1.29, 1.82) is 0 Å². The number of nitrogens with zero attached hydrogens (tertiary/aromatic N) is 2. The molecule has 21 heavy (non-hydrogen) atoms. The third-order valence-electron chi connectivity index (χ3n) is 4.98. The number of nitrogens with one attached hydrogen (secondary N) is 1. The molecule has 2 saturated heterocycles. The van der Waals surface area contributed by atoms with Gasteiger partial charge in [-0.3, -0.25) is 0 Å². The first kappa shape index (κ1) is 14.7. The Bertz CT molecular complexity index is 466. The Morgan fingerprint density at radius 3 is 2.67 bits per heavy atom. The molecular weight excluding hydrogens is 258 g/mol. The monoisotopic (exact) mass is 287 g/mol. The van der Waals surface area contributed by atoms with E-state index in [4.69, 9.17) is 0 Å². The lowest BCUT2D eigenvalue weighted by molar-refractivity contribution is 0.217. The average Bonchev–Trinajstić information content (AvgIpc) is 3.00. The van der Waals surface area contributed by atoms with Crippen molar-refractivity contribution in [1.82, 2.24) is 4.90 Å². The molecule has 1 aromatic carbocycles. The van der Waals surface area contributed by atoms with Gasteiger partial charge >= 0.3 is 0 Å². The maximum Gasteiger partial charge on any atom is 0.0371 e. The summed E-state index contributed by atoms with van der Waals surface area (Å²) in [5, 5.41) is 3.68. The van der Waals surface area contributed by atoms with Gasteiger partial charge in [0.05, 0.1) is 0 Å². The lowest BCUT2D eigenvalue weighted by Gasteiger charge is -2.30. The number of hydrogen-bond donors (Lipinski definition) is 1. The van der Waals surface area contributed by atoms with Crippen LogP contribution in [0.4, 0.5) is 11.4 Å². The van der Waals surface area contributed by atoms with Crippen LogP contribution in [0.25, 0.3) is 0 Å². The molecule has 0 saturated carbocycles. The summed E-state index contributed by atoms with van der Waals surface area (Å²) >= 11 is 0. The normalized spacial score (nSPS) is 23.5. The second kappa shape index (κ2) is 6.69. The number of aryl methyl sites for hydroxylation is 1. The fourth-order valence-electron chi connectivity index (χ4n) is 3.71. The summed E-state index contributed by atoms with van der Waals surface area (Å²) in [5.41, 5.74) is 4.09. The number of hydrogen-bond acceptors (Lipinski definition) is 3. The summed E-state index contributed by atoms with van der Waals surface area (Å²) in [4.78, 5) is 4.96. The topological polar surface area (TPSA) is 18.5 Å². The minimum atomic E-state index is 0.793. The molecule has 0 aliphatic carbocycles. The zero-order chi connectivity index (χ0) is 14.7. The van der Waals surface area contributed by atoms with Gasteiger partial charge in [-0.25, -0.2) is 0 Å². The van der Waals surface area contributed by atoms with Crippen LogP contribution < -0.4 is 10.2 Å². The van der Waals surface area contributed by atoms with Crippen molar-refractivity contribution in [2.24, 2.45) is 5.92 Å². The Balaban J connectivity index is 1.58. The standard InChI is InChI=1S/C18H29N3/c1-15-12-17(21-10-3-4-11-21)7-8-18(15)19-13-16-6-5-9-20(2)14-16/h7-8,12,16,19H,3-6,9-11,13-14H2,1-2H3. The highest BCUT2D eigenvalue weighted by atomic mass is 15.1. The molecule has 2 fully saturated rings. The van der Waals surface area contributed by atoms with Crippen LogP contribution in [0.3, 0.4) is 0 Å². The van der Waals surface area contributed by atoms with E-state index in [1.165, 1.54) is 68.8 Å². The number of likely N-dealkylation sites (tertiary alicyclic amines) is 1. The fraction of sp³-hybridized carbons (Fsp3) is 0.667. The SMILES string of the molecule is Cc1cc(N2CCCC2)ccc1NCC1CCCN(C)C1. The van der Waals surface area contributed by atoms with Crippen molar-refractivity contribution in [2.45, 2.75) is 32.6 Å². The quantitative estimate of drug-likeness (QED) is 0.916. The smallest absolute Gasteiger partial charge is 0.0371 e. The molecule has 0 radical (unpaired) electrons. The molecule has 2 aliphatic rings. The van der Waals surface area contributed by atoms with E-state index >= 15 is 0 Å². The largest absolute Gasteiger partial charge is 0.385 e. The Kier molecular flexibility index (Phi) is 4.69. The fourth-order valence-corrected chi connectivity index (χ4v) is 3.71. The minimum absolute atomic E-state index is 0.793. The Labute approximate surface area is 129 Å². The number of piperidine rings is 1. The summed E-state index contributed by atoms with van der Waals surface area (Å²) in [6, 6.07) is 6.91. The van der Waals surface area contributed by atoms with E-state index in [1.54, 1.807) is 0 Å². The predicted octanol–water partition coefficient (Wildman–Crippen LogP) is 3.35. The second-order valence-corrected chi connectivity index (χ2v) is 6.84. The van der Waals surface area contributed by atoms with Crippen LogP contribution in [0.5, 0.6) is 0 Å². The van der Waals surface area contributed by atoms with Crippen LogP contribution in [-0.2, 0) is 0 Å². The van der Waals surface area contributed by atoms with Gasteiger partial charge in [0.15, 0.2) is 0 Å². The maximum absolute atomic E-state index is 3.68. The molecule has 0 aromatic heterocycles. The first-order valence-electron chi connectivity index (χ1n) is 8.50. The van der Waals surface area contributed by atoms with E-state index in [9.17, 15) is 0 Å². The van der Waals surface area contributed by atoms with Crippen molar-refractivity contribution in [3.05, 3.63) is 23.8 Å². The second-order valence-electron chi connectivity index (χ2n) is 6.84. The van der Waals surface area contributed by atoms with Crippen molar-refractivity contribution in [3.8, 4) is 0 Å². The lowest BCUT2D eigenvalue weighted by atomic mass is 9.98. The van der Waals surface area contributed by atoms with E-state index in [1.807, 2.05) is 0 Å². The van der Waals surface area contributed by atoms with Crippen LogP contribution in [-0.4, -0.2) is 44.7 Å². The van der Waals surface area contributed by atoms with Crippen LogP contribution >= 0.6 is 0 Å². The van der Waals surface area contributed by atoms with Gasteiger partial charge < -0.3 is 15.1 Å². The highest BCUT2D eigenvalue weighted by Gasteiger charge is 2.17. The van der Waals surface area contributed by atoms with Crippen LogP contribution in [0.2, 0.25) is 0 Å². The molecule has 1 atom stereocenters.